The summed E-state index contributed by atoms with van der Waals surface area (Å²) < 4.78 is 0. The van der Waals surface area contributed by atoms with Gasteiger partial charge in [-0.25, -0.2) is 9.97 Å². The average molecular weight is 262 g/mol. The summed E-state index contributed by atoms with van der Waals surface area (Å²) in [5.41, 5.74) is 0. The van der Waals surface area contributed by atoms with Crippen LogP contribution >= 0.6 is 0 Å². The van der Waals surface area contributed by atoms with Gasteiger partial charge in [-0.05, 0) is 25.7 Å². The molecule has 0 spiro atoms. The molecule has 0 aliphatic heterocycles. The summed E-state index contributed by atoms with van der Waals surface area (Å²) in [7, 11) is 0. The summed E-state index contributed by atoms with van der Waals surface area (Å²) in [4.78, 5) is 8.93. The van der Waals surface area contributed by atoms with E-state index >= 15 is 0 Å². The number of hydrogen-bond donors (Lipinski definition) is 2. The smallest absolute Gasteiger partial charge is 0.132 e. The number of anilines is 2. The SMILES string of the molecule is Cc1nc(NCC(C)C)cc(NC2CCCCC2)n1. The highest BCUT2D eigenvalue weighted by Gasteiger charge is 2.14. The highest BCUT2D eigenvalue weighted by molar-refractivity contribution is 5.48. The highest BCUT2D eigenvalue weighted by atomic mass is 15.1. The third-order valence-corrected chi connectivity index (χ3v) is 3.49. The first-order valence-corrected chi connectivity index (χ1v) is 7.49. The van der Waals surface area contributed by atoms with Crippen LogP contribution in [0.25, 0.3) is 0 Å². The zero-order valence-corrected chi connectivity index (χ0v) is 12.4. The molecule has 19 heavy (non-hydrogen) atoms. The maximum Gasteiger partial charge on any atom is 0.132 e. The van der Waals surface area contributed by atoms with Gasteiger partial charge in [-0.2, -0.15) is 0 Å². The second-order valence-corrected chi connectivity index (χ2v) is 5.94. The van der Waals surface area contributed by atoms with E-state index in [9.17, 15) is 0 Å². The van der Waals surface area contributed by atoms with E-state index in [1.54, 1.807) is 0 Å². The minimum atomic E-state index is 0.584. The van der Waals surface area contributed by atoms with E-state index in [0.717, 1.165) is 24.0 Å². The van der Waals surface area contributed by atoms with E-state index in [2.05, 4.69) is 34.4 Å². The molecule has 1 heterocycles. The summed E-state index contributed by atoms with van der Waals surface area (Å²) in [5.74, 6) is 3.34. The lowest BCUT2D eigenvalue weighted by molar-refractivity contribution is 0.461. The number of nitrogens with one attached hydrogen (secondary N) is 2. The molecule has 1 fully saturated rings. The fourth-order valence-electron chi connectivity index (χ4n) is 2.50. The molecule has 1 aliphatic carbocycles. The Hall–Kier alpha value is -1.32. The molecule has 2 N–H and O–H groups in total. The topological polar surface area (TPSA) is 49.8 Å². The van der Waals surface area contributed by atoms with Gasteiger partial charge in [0.25, 0.3) is 0 Å². The van der Waals surface area contributed by atoms with Gasteiger partial charge < -0.3 is 10.6 Å². The number of hydrogen-bond acceptors (Lipinski definition) is 4. The molecule has 1 aliphatic rings. The number of rotatable bonds is 5. The summed E-state index contributed by atoms with van der Waals surface area (Å²) in [6, 6.07) is 2.62. The van der Waals surface area contributed by atoms with Crippen LogP contribution in [-0.4, -0.2) is 22.6 Å². The molecule has 0 atom stereocenters. The molecule has 106 valence electrons. The van der Waals surface area contributed by atoms with Crippen LogP contribution in [0.3, 0.4) is 0 Å². The number of aryl methyl sites for hydroxylation is 1. The highest BCUT2D eigenvalue weighted by Crippen LogP contribution is 2.21. The molecule has 1 aromatic rings. The van der Waals surface area contributed by atoms with Gasteiger partial charge in [0.15, 0.2) is 0 Å². The van der Waals surface area contributed by atoms with Gasteiger partial charge in [-0.1, -0.05) is 33.1 Å². The molecule has 2 rings (SSSR count). The lowest BCUT2D eigenvalue weighted by Gasteiger charge is -2.23. The summed E-state index contributed by atoms with van der Waals surface area (Å²) >= 11 is 0. The molecule has 0 aromatic carbocycles. The first-order valence-electron chi connectivity index (χ1n) is 7.49. The van der Waals surface area contributed by atoms with Crippen molar-refractivity contribution in [1.82, 2.24) is 9.97 Å². The van der Waals surface area contributed by atoms with Crippen molar-refractivity contribution in [2.45, 2.75) is 58.9 Å². The van der Waals surface area contributed by atoms with Crippen LogP contribution < -0.4 is 10.6 Å². The molecule has 0 saturated heterocycles. The predicted molar refractivity (Wildman–Crippen MR) is 80.6 cm³/mol. The minimum absolute atomic E-state index is 0.584. The van der Waals surface area contributed by atoms with Crippen LogP contribution in [-0.2, 0) is 0 Å². The summed E-state index contributed by atoms with van der Waals surface area (Å²) in [5, 5.41) is 6.93. The molecule has 1 saturated carbocycles. The van der Waals surface area contributed by atoms with Crippen molar-refractivity contribution in [3.05, 3.63) is 11.9 Å². The maximum absolute atomic E-state index is 4.49. The third kappa shape index (κ3) is 4.69. The molecule has 1 aromatic heterocycles. The van der Waals surface area contributed by atoms with E-state index < -0.39 is 0 Å². The van der Waals surface area contributed by atoms with Crippen LogP contribution in [0.1, 0.15) is 51.8 Å². The van der Waals surface area contributed by atoms with Crippen LogP contribution in [0.2, 0.25) is 0 Å². The van der Waals surface area contributed by atoms with Gasteiger partial charge in [0.1, 0.15) is 17.5 Å². The van der Waals surface area contributed by atoms with E-state index in [-0.39, 0.29) is 0 Å². The second kappa shape index (κ2) is 6.73. The predicted octanol–water partition coefficient (Wildman–Crippen LogP) is 3.60. The average Bonchev–Trinajstić information content (AvgIpc) is 2.37. The summed E-state index contributed by atoms with van der Waals surface area (Å²) in [6.45, 7) is 7.29. The van der Waals surface area contributed by atoms with E-state index in [1.165, 1.54) is 32.1 Å². The van der Waals surface area contributed by atoms with Gasteiger partial charge in [0.05, 0.1) is 0 Å². The standard InChI is InChI=1S/C15H26N4/c1-11(2)10-16-14-9-15(18-12(3)17-14)19-13-7-5-4-6-8-13/h9,11,13H,4-8,10H2,1-3H3,(H2,16,17,18,19). The van der Waals surface area contributed by atoms with Crippen molar-refractivity contribution in [1.29, 1.82) is 0 Å². The van der Waals surface area contributed by atoms with Crippen LogP contribution in [0, 0.1) is 12.8 Å². The molecule has 0 amide bonds. The normalized spacial score (nSPS) is 16.6. The molecule has 0 unspecified atom stereocenters. The second-order valence-electron chi connectivity index (χ2n) is 5.94. The Labute approximate surface area is 116 Å². The van der Waals surface area contributed by atoms with Crippen molar-refractivity contribution >= 4 is 11.6 Å². The molecule has 4 nitrogen and oxygen atoms in total. The number of aromatic nitrogens is 2. The maximum atomic E-state index is 4.49. The van der Waals surface area contributed by atoms with Gasteiger partial charge in [0, 0.05) is 18.7 Å². The summed E-state index contributed by atoms with van der Waals surface area (Å²) in [6.07, 6.45) is 6.57. The van der Waals surface area contributed by atoms with Crippen molar-refractivity contribution in [2.75, 3.05) is 17.2 Å². The largest absolute Gasteiger partial charge is 0.370 e. The van der Waals surface area contributed by atoms with Crippen molar-refractivity contribution in [3.8, 4) is 0 Å². The molecule has 4 heteroatoms. The Morgan fingerprint density at radius 1 is 1.16 bits per heavy atom. The zero-order chi connectivity index (χ0) is 13.7. The van der Waals surface area contributed by atoms with Crippen molar-refractivity contribution in [3.63, 3.8) is 0 Å². The Kier molecular flexibility index (Phi) is 5.00. The monoisotopic (exact) mass is 262 g/mol. The van der Waals surface area contributed by atoms with Crippen molar-refractivity contribution < 1.29 is 0 Å². The van der Waals surface area contributed by atoms with Crippen LogP contribution in [0.4, 0.5) is 11.6 Å². The van der Waals surface area contributed by atoms with Crippen LogP contribution in [0.15, 0.2) is 6.07 Å². The third-order valence-electron chi connectivity index (χ3n) is 3.49. The first-order chi connectivity index (χ1) is 9.13. The Morgan fingerprint density at radius 3 is 2.53 bits per heavy atom. The lowest BCUT2D eigenvalue weighted by Crippen LogP contribution is -2.23. The van der Waals surface area contributed by atoms with Gasteiger partial charge in [-0.15, -0.1) is 0 Å². The molecule has 0 bridgehead atoms. The fraction of sp³-hybridized carbons (Fsp3) is 0.733. The van der Waals surface area contributed by atoms with E-state index in [0.29, 0.717) is 12.0 Å². The van der Waals surface area contributed by atoms with Crippen molar-refractivity contribution in [2.24, 2.45) is 5.92 Å². The fourth-order valence-corrected chi connectivity index (χ4v) is 2.50. The lowest BCUT2D eigenvalue weighted by atomic mass is 9.95. The van der Waals surface area contributed by atoms with Gasteiger partial charge in [-0.3, -0.25) is 0 Å². The Balaban J connectivity index is 1.99. The molecular formula is C15H26N4. The Morgan fingerprint density at radius 2 is 1.84 bits per heavy atom. The number of nitrogens with zero attached hydrogens (tertiary/aromatic N) is 2. The minimum Gasteiger partial charge on any atom is -0.370 e. The van der Waals surface area contributed by atoms with Gasteiger partial charge in [0.2, 0.25) is 0 Å². The van der Waals surface area contributed by atoms with Crippen LogP contribution in [0.5, 0.6) is 0 Å². The first kappa shape index (κ1) is 14.1. The molecule has 0 radical (unpaired) electrons. The molecular weight excluding hydrogens is 236 g/mol. The zero-order valence-electron chi connectivity index (χ0n) is 12.4. The quantitative estimate of drug-likeness (QED) is 0.851. The van der Waals surface area contributed by atoms with E-state index in [4.69, 9.17) is 0 Å². The van der Waals surface area contributed by atoms with Gasteiger partial charge >= 0.3 is 0 Å². The van der Waals surface area contributed by atoms with E-state index in [1.807, 2.05) is 13.0 Å². The Bertz CT molecular complexity index is 397.